The molecule has 3 rings (SSSR count). The van der Waals surface area contributed by atoms with E-state index in [1.807, 2.05) is 6.07 Å². The van der Waals surface area contributed by atoms with Gasteiger partial charge in [0.1, 0.15) is 5.75 Å². The van der Waals surface area contributed by atoms with Crippen molar-refractivity contribution in [2.45, 2.75) is 31.8 Å². The highest BCUT2D eigenvalue weighted by molar-refractivity contribution is 5.99. The molecule has 0 aliphatic heterocycles. The van der Waals surface area contributed by atoms with Gasteiger partial charge in [0.2, 0.25) is 5.91 Å². The third kappa shape index (κ3) is 5.04. The fourth-order valence-electron chi connectivity index (χ4n) is 2.81. The van der Waals surface area contributed by atoms with Gasteiger partial charge < -0.3 is 15.4 Å². The summed E-state index contributed by atoms with van der Waals surface area (Å²) in [6.45, 7) is -0.110. The lowest BCUT2D eigenvalue weighted by atomic mass is 10.2. The van der Waals surface area contributed by atoms with Crippen molar-refractivity contribution >= 4 is 17.5 Å². The normalized spacial score (nSPS) is 14.1. The molecule has 1 aliphatic carbocycles. The van der Waals surface area contributed by atoms with Crippen molar-refractivity contribution in [3.63, 3.8) is 0 Å². The molecule has 0 spiro atoms. The van der Waals surface area contributed by atoms with E-state index in [1.54, 1.807) is 42.7 Å². The van der Waals surface area contributed by atoms with E-state index in [1.165, 1.54) is 12.8 Å². The number of nitrogens with one attached hydrogen (secondary N) is 2. The quantitative estimate of drug-likeness (QED) is 0.848. The minimum absolute atomic E-state index is 0.110. The predicted octanol–water partition coefficient (Wildman–Crippen LogP) is 2.77. The van der Waals surface area contributed by atoms with Crippen LogP contribution >= 0.6 is 0 Å². The third-order valence-electron chi connectivity index (χ3n) is 4.06. The molecule has 0 unspecified atom stereocenters. The lowest BCUT2D eigenvalue weighted by Crippen LogP contribution is -2.32. The Morgan fingerprint density at radius 3 is 2.76 bits per heavy atom. The van der Waals surface area contributed by atoms with Gasteiger partial charge in [-0.05, 0) is 56.0 Å². The summed E-state index contributed by atoms with van der Waals surface area (Å²) in [4.78, 5) is 28.0. The molecule has 1 fully saturated rings. The zero-order valence-corrected chi connectivity index (χ0v) is 13.9. The molecule has 0 saturated heterocycles. The number of anilines is 1. The van der Waals surface area contributed by atoms with E-state index in [0.717, 1.165) is 12.8 Å². The Kier molecular flexibility index (Phi) is 5.61. The zero-order valence-electron chi connectivity index (χ0n) is 13.9. The summed E-state index contributed by atoms with van der Waals surface area (Å²) in [5, 5.41) is 5.28. The summed E-state index contributed by atoms with van der Waals surface area (Å²) in [6, 6.07) is 10.5. The Morgan fingerprint density at radius 2 is 2.00 bits per heavy atom. The SMILES string of the molecule is O=C(CNC(=O)c1cccc(OC2CCCC2)c1)Nc1cccnc1. The lowest BCUT2D eigenvalue weighted by Gasteiger charge is -2.13. The van der Waals surface area contributed by atoms with Crippen LogP contribution in [0.15, 0.2) is 48.8 Å². The van der Waals surface area contributed by atoms with Crippen LogP contribution in [-0.4, -0.2) is 29.4 Å². The minimum Gasteiger partial charge on any atom is -0.490 e. The highest BCUT2D eigenvalue weighted by atomic mass is 16.5. The van der Waals surface area contributed by atoms with E-state index in [2.05, 4.69) is 15.6 Å². The Morgan fingerprint density at radius 1 is 1.16 bits per heavy atom. The van der Waals surface area contributed by atoms with E-state index in [-0.39, 0.29) is 24.5 Å². The standard InChI is InChI=1S/C19H21N3O3/c23-18(22-15-6-4-10-20-12-15)13-21-19(24)14-5-3-9-17(11-14)25-16-7-1-2-8-16/h3-6,9-12,16H,1-2,7-8,13H2,(H,21,24)(H,22,23). The number of hydrogen-bond acceptors (Lipinski definition) is 4. The molecule has 1 aliphatic rings. The first-order valence-corrected chi connectivity index (χ1v) is 8.45. The molecule has 25 heavy (non-hydrogen) atoms. The molecule has 6 heteroatoms. The van der Waals surface area contributed by atoms with E-state index in [4.69, 9.17) is 4.74 Å². The fourth-order valence-corrected chi connectivity index (χ4v) is 2.81. The monoisotopic (exact) mass is 339 g/mol. The lowest BCUT2D eigenvalue weighted by molar-refractivity contribution is -0.115. The average Bonchev–Trinajstić information content (AvgIpc) is 3.14. The van der Waals surface area contributed by atoms with Crippen LogP contribution in [0, 0.1) is 0 Å². The molecule has 2 N–H and O–H groups in total. The van der Waals surface area contributed by atoms with Gasteiger partial charge in [0.05, 0.1) is 24.5 Å². The minimum atomic E-state index is -0.307. The zero-order chi connectivity index (χ0) is 17.5. The van der Waals surface area contributed by atoms with Crippen LogP contribution in [0.4, 0.5) is 5.69 Å². The van der Waals surface area contributed by atoms with Gasteiger partial charge in [-0.2, -0.15) is 0 Å². The molecule has 1 aromatic carbocycles. The molecule has 1 aromatic heterocycles. The smallest absolute Gasteiger partial charge is 0.251 e. The number of benzene rings is 1. The molecule has 2 amide bonds. The van der Waals surface area contributed by atoms with Crippen LogP contribution in [0.25, 0.3) is 0 Å². The Bertz CT molecular complexity index is 728. The molecule has 1 saturated carbocycles. The first-order chi connectivity index (χ1) is 12.2. The fraction of sp³-hybridized carbons (Fsp3) is 0.316. The van der Waals surface area contributed by atoms with E-state index in [0.29, 0.717) is 17.0 Å². The predicted molar refractivity (Wildman–Crippen MR) is 94.5 cm³/mol. The van der Waals surface area contributed by atoms with Crippen molar-refractivity contribution in [2.24, 2.45) is 0 Å². The van der Waals surface area contributed by atoms with Gasteiger partial charge in [-0.1, -0.05) is 6.07 Å². The maximum Gasteiger partial charge on any atom is 0.251 e. The molecule has 6 nitrogen and oxygen atoms in total. The van der Waals surface area contributed by atoms with E-state index >= 15 is 0 Å². The molecule has 1 heterocycles. The van der Waals surface area contributed by atoms with Crippen molar-refractivity contribution in [3.05, 3.63) is 54.4 Å². The number of amides is 2. The number of carbonyl (C=O) groups excluding carboxylic acids is 2. The van der Waals surface area contributed by atoms with E-state index in [9.17, 15) is 9.59 Å². The summed E-state index contributed by atoms with van der Waals surface area (Å²) in [7, 11) is 0. The molecule has 2 aromatic rings. The second-order valence-electron chi connectivity index (χ2n) is 6.02. The summed E-state index contributed by atoms with van der Waals surface area (Å²) < 4.78 is 5.90. The molecule has 130 valence electrons. The molecule has 0 atom stereocenters. The van der Waals surface area contributed by atoms with Crippen LogP contribution in [0.2, 0.25) is 0 Å². The second kappa shape index (κ2) is 8.28. The Labute approximate surface area is 146 Å². The summed E-state index contributed by atoms with van der Waals surface area (Å²) in [6.07, 6.45) is 7.91. The van der Waals surface area contributed by atoms with Crippen molar-refractivity contribution in [1.82, 2.24) is 10.3 Å². The number of hydrogen-bond donors (Lipinski definition) is 2. The highest BCUT2D eigenvalue weighted by Gasteiger charge is 2.17. The van der Waals surface area contributed by atoms with Crippen molar-refractivity contribution in [3.8, 4) is 5.75 Å². The molecule has 0 bridgehead atoms. The third-order valence-corrected chi connectivity index (χ3v) is 4.06. The van der Waals surface area contributed by atoms with Crippen LogP contribution in [0.5, 0.6) is 5.75 Å². The first-order valence-electron chi connectivity index (χ1n) is 8.45. The van der Waals surface area contributed by atoms with Crippen molar-refractivity contribution < 1.29 is 14.3 Å². The van der Waals surface area contributed by atoms with Gasteiger partial charge >= 0.3 is 0 Å². The number of ether oxygens (including phenoxy) is 1. The highest BCUT2D eigenvalue weighted by Crippen LogP contribution is 2.24. The van der Waals surface area contributed by atoms with Gasteiger partial charge in [0.15, 0.2) is 0 Å². The topological polar surface area (TPSA) is 80.3 Å². The number of nitrogens with zero attached hydrogens (tertiary/aromatic N) is 1. The second-order valence-corrected chi connectivity index (χ2v) is 6.02. The number of pyridine rings is 1. The van der Waals surface area contributed by atoms with Crippen molar-refractivity contribution in [2.75, 3.05) is 11.9 Å². The van der Waals surface area contributed by atoms with Crippen LogP contribution in [0.1, 0.15) is 36.0 Å². The molecular weight excluding hydrogens is 318 g/mol. The first kappa shape index (κ1) is 17.0. The Balaban J connectivity index is 1.51. The van der Waals surface area contributed by atoms with Gasteiger partial charge in [-0.3, -0.25) is 14.6 Å². The van der Waals surface area contributed by atoms with Gasteiger partial charge in [-0.25, -0.2) is 0 Å². The van der Waals surface area contributed by atoms with Gasteiger partial charge in [0.25, 0.3) is 5.91 Å². The van der Waals surface area contributed by atoms with E-state index < -0.39 is 0 Å². The van der Waals surface area contributed by atoms with Gasteiger partial charge in [0, 0.05) is 11.8 Å². The Hall–Kier alpha value is -2.89. The van der Waals surface area contributed by atoms with Gasteiger partial charge in [-0.15, -0.1) is 0 Å². The number of rotatable bonds is 6. The van der Waals surface area contributed by atoms with Crippen molar-refractivity contribution in [1.29, 1.82) is 0 Å². The van der Waals surface area contributed by atoms with Crippen LogP contribution < -0.4 is 15.4 Å². The number of carbonyl (C=O) groups is 2. The van der Waals surface area contributed by atoms with Crippen LogP contribution in [0.3, 0.4) is 0 Å². The summed E-state index contributed by atoms with van der Waals surface area (Å²) in [5.74, 6) is 0.0808. The largest absolute Gasteiger partial charge is 0.490 e. The molecule has 0 radical (unpaired) electrons. The average molecular weight is 339 g/mol. The maximum atomic E-state index is 12.2. The summed E-state index contributed by atoms with van der Waals surface area (Å²) >= 11 is 0. The van der Waals surface area contributed by atoms with Crippen LogP contribution in [-0.2, 0) is 4.79 Å². The molecular formula is C19H21N3O3. The maximum absolute atomic E-state index is 12.2. The number of aromatic nitrogens is 1. The summed E-state index contributed by atoms with van der Waals surface area (Å²) in [5.41, 5.74) is 1.07.